The Labute approximate surface area is 172 Å². The predicted molar refractivity (Wildman–Crippen MR) is 109 cm³/mol. The molecule has 0 saturated heterocycles. The van der Waals surface area contributed by atoms with E-state index in [-0.39, 0.29) is 36.6 Å². The highest BCUT2D eigenvalue weighted by atomic mass is 16.2. The minimum Gasteiger partial charge on any atom is -0.350 e. The molecular formula is C21H22N6O3. The number of hydrogen-bond donors (Lipinski definition) is 1. The SMILES string of the molecule is CC[C@H](Cn1nnn(-c2ccccc2)c1=O)NC(=O)CN1Cc2ccccc2C1=O. The van der Waals surface area contributed by atoms with Gasteiger partial charge in [-0.1, -0.05) is 43.3 Å². The average Bonchev–Trinajstić information content (AvgIpc) is 3.28. The fraction of sp³-hybridized carbons (Fsp3) is 0.286. The van der Waals surface area contributed by atoms with Crippen LogP contribution in [0, 0.1) is 0 Å². The van der Waals surface area contributed by atoms with Gasteiger partial charge in [0.25, 0.3) is 5.91 Å². The molecule has 1 aliphatic rings. The molecule has 0 bridgehead atoms. The highest BCUT2D eigenvalue weighted by Gasteiger charge is 2.28. The second-order valence-corrected chi connectivity index (χ2v) is 7.18. The molecular weight excluding hydrogens is 384 g/mol. The maximum Gasteiger partial charge on any atom is 0.368 e. The largest absolute Gasteiger partial charge is 0.368 e. The number of aromatic nitrogens is 4. The van der Waals surface area contributed by atoms with Gasteiger partial charge in [0.1, 0.15) is 6.54 Å². The summed E-state index contributed by atoms with van der Waals surface area (Å²) in [5, 5.41) is 10.7. The molecule has 0 radical (unpaired) electrons. The normalized spacial score (nSPS) is 13.9. The molecule has 9 nitrogen and oxygen atoms in total. The van der Waals surface area contributed by atoms with E-state index in [1.807, 2.05) is 43.3 Å². The zero-order chi connectivity index (χ0) is 21.1. The van der Waals surface area contributed by atoms with Crippen molar-refractivity contribution in [2.45, 2.75) is 32.5 Å². The number of nitrogens with zero attached hydrogens (tertiary/aromatic N) is 5. The van der Waals surface area contributed by atoms with Gasteiger partial charge in [-0.05, 0) is 40.6 Å². The van der Waals surface area contributed by atoms with E-state index < -0.39 is 0 Å². The molecule has 0 spiro atoms. The third kappa shape index (κ3) is 3.86. The third-order valence-electron chi connectivity index (χ3n) is 5.12. The molecule has 3 aromatic rings. The average molecular weight is 406 g/mol. The van der Waals surface area contributed by atoms with E-state index in [4.69, 9.17) is 0 Å². The first kappa shape index (κ1) is 19.6. The van der Waals surface area contributed by atoms with Gasteiger partial charge in [-0.2, -0.15) is 9.36 Å². The summed E-state index contributed by atoms with van der Waals surface area (Å²) in [6, 6.07) is 16.1. The highest BCUT2D eigenvalue weighted by molar-refractivity contribution is 6.00. The van der Waals surface area contributed by atoms with Crippen molar-refractivity contribution >= 4 is 11.8 Å². The third-order valence-corrected chi connectivity index (χ3v) is 5.12. The van der Waals surface area contributed by atoms with Crippen LogP contribution in [0.2, 0.25) is 0 Å². The predicted octanol–water partition coefficient (Wildman–Crippen LogP) is 0.980. The summed E-state index contributed by atoms with van der Waals surface area (Å²) in [6.45, 7) is 2.50. The number of benzene rings is 2. The van der Waals surface area contributed by atoms with Gasteiger partial charge in [0.15, 0.2) is 0 Å². The second-order valence-electron chi connectivity index (χ2n) is 7.18. The van der Waals surface area contributed by atoms with Crippen LogP contribution in [0.5, 0.6) is 0 Å². The van der Waals surface area contributed by atoms with Gasteiger partial charge in [0, 0.05) is 18.2 Å². The molecule has 154 valence electrons. The molecule has 1 N–H and O–H groups in total. The number of fused-ring (bicyclic) bond motifs is 1. The van der Waals surface area contributed by atoms with Crippen LogP contribution in [0.1, 0.15) is 29.3 Å². The minimum atomic E-state index is -0.376. The Balaban J connectivity index is 1.39. The number of amides is 2. The summed E-state index contributed by atoms with van der Waals surface area (Å²) in [5.41, 5.74) is 1.81. The van der Waals surface area contributed by atoms with E-state index in [1.54, 1.807) is 18.2 Å². The summed E-state index contributed by atoms with van der Waals surface area (Å²) in [6.07, 6.45) is 0.602. The summed E-state index contributed by atoms with van der Waals surface area (Å²) in [4.78, 5) is 39.1. The number of carbonyl (C=O) groups is 2. The molecule has 30 heavy (non-hydrogen) atoms. The molecule has 4 rings (SSSR count). The molecule has 2 heterocycles. The maximum atomic E-state index is 12.6. The number of para-hydroxylation sites is 1. The van der Waals surface area contributed by atoms with Crippen molar-refractivity contribution in [3.63, 3.8) is 0 Å². The van der Waals surface area contributed by atoms with Crippen molar-refractivity contribution in [2.24, 2.45) is 0 Å². The maximum absolute atomic E-state index is 12.6. The highest BCUT2D eigenvalue weighted by Crippen LogP contribution is 2.21. The van der Waals surface area contributed by atoms with E-state index in [0.29, 0.717) is 24.2 Å². The number of tetrazole rings is 1. The van der Waals surface area contributed by atoms with Crippen LogP contribution < -0.4 is 11.0 Å². The number of hydrogen-bond acceptors (Lipinski definition) is 5. The lowest BCUT2D eigenvalue weighted by atomic mass is 10.1. The lowest BCUT2D eigenvalue weighted by Crippen LogP contribution is -2.44. The van der Waals surface area contributed by atoms with Crippen LogP contribution in [0.4, 0.5) is 0 Å². The van der Waals surface area contributed by atoms with Gasteiger partial charge in [-0.15, -0.1) is 0 Å². The van der Waals surface area contributed by atoms with Crippen molar-refractivity contribution < 1.29 is 9.59 Å². The van der Waals surface area contributed by atoms with Crippen LogP contribution >= 0.6 is 0 Å². The van der Waals surface area contributed by atoms with E-state index in [9.17, 15) is 14.4 Å². The molecule has 1 atom stereocenters. The smallest absolute Gasteiger partial charge is 0.350 e. The molecule has 0 unspecified atom stereocenters. The molecule has 2 amide bonds. The Kier molecular flexibility index (Phi) is 5.42. The zero-order valence-electron chi connectivity index (χ0n) is 16.6. The van der Waals surface area contributed by atoms with E-state index >= 15 is 0 Å². The Bertz CT molecular complexity index is 1120. The topological polar surface area (TPSA) is 102 Å². The standard InChI is InChI=1S/C21H22N6O3/c1-2-16(13-26-21(30)27(24-23-26)17-9-4-3-5-10-17)22-19(28)14-25-12-15-8-6-7-11-18(15)20(25)29/h3-11,16H,2,12-14H2,1H3,(H,22,28)/t16-/m1/s1. The molecule has 9 heteroatoms. The van der Waals surface area contributed by atoms with Gasteiger partial charge in [0.05, 0.1) is 12.2 Å². The van der Waals surface area contributed by atoms with Crippen molar-refractivity contribution in [1.82, 2.24) is 30.0 Å². The molecule has 1 aromatic heterocycles. The second kappa shape index (κ2) is 8.32. The molecule has 0 fully saturated rings. The zero-order valence-corrected chi connectivity index (χ0v) is 16.6. The Morgan fingerprint density at radius 3 is 2.53 bits per heavy atom. The van der Waals surface area contributed by atoms with Gasteiger partial charge < -0.3 is 10.2 Å². The Morgan fingerprint density at radius 2 is 1.80 bits per heavy atom. The van der Waals surface area contributed by atoms with Crippen LogP contribution in [0.3, 0.4) is 0 Å². The lowest BCUT2D eigenvalue weighted by Gasteiger charge is -2.19. The van der Waals surface area contributed by atoms with Crippen molar-refractivity contribution in [1.29, 1.82) is 0 Å². The lowest BCUT2D eigenvalue weighted by molar-refractivity contribution is -0.122. The molecule has 0 saturated carbocycles. The molecule has 2 aromatic carbocycles. The quantitative estimate of drug-likeness (QED) is 0.630. The van der Waals surface area contributed by atoms with Crippen molar-refractivity contribution in [3.05, 3.63) is 76.2 Å². The monoisotopic (exact) mass is 406 g/mol. The fourth-order valence-electron chi connectivity index (χ4n) is 3.49. The van der Waals surface area contributed by atoms with Gasteiger partial charge in [-0.25, -0.2) is 4.79 Å². The summed E-state index contributed by atoms with van der Waals surface area (Å²) in [7, 11) is 0. The van der Waals surface area contributed by atoms with E-state index in [2.05, 4.69) is 15.7 Å². The first-order valence-corrected chi connectivity index (χ1v) is 9.81. The Hall–Kier alpha value is -3.75. The van der Waals surface area contributed by atoms with Gasteiger partial charge in [-0.3, -0.25) is 9.59 Å². The number of carbonyl (C=O) groups excluding carboxylic acids is 2. The van der Waals surface area contributed by atoms with Crippen molar-refractivity contribution in [3.8, 4) is 5.69 Å². The van der Waals surface area contributed by atoms with Crippen LogP contribution in [-0.2, 0) is 17.9 Å². The van der Waals surface area contributed by atoms with Crippen LogP contribution in [0.15, 0.2) is 59.4 Å². The summed E-state index contributed by atoms with van der Waals surface area (Å²) in [5.74, 6) is -0.415. The summed E-state index contributed by atoms with van der Waals surface area (Å²) >= 11 is 0. The Morgan fingerprint density at radius 1 is 1.07 bits per heavy atom. The van der Waals surface area contributed by atoms with Crippen LogP contribution in [-0.4, -0.2) is 49.1 Å². The van der Waals surface area contributed by atoms with Gasteiger partial charge in [0.2, 0.25) is 5.91 Å². The fourth-order valence-corrected chi connectivity index (χ4v) is 3.49. The first-order chi connectivity index (χ1) is 14.6. The number of nitrogens with one attached hydrogen (secondary N) is 1. The van der Waals surface area contributed by atoms with Gasteiger partial charge >= 0.3 is 5.69 Å². The minimum absolute atomic E-state index is 0.0321. The molecule has 1 aliphatic heterocycles. The van der Waals surface area contributed by atoms with E-state index in [0.717, 1.165) is 5.56 Å². The van der Waals surface area contributed by atoms with Crippen molar-refractivity contribution in [2.75, 3.05) is 6.54 Å². The summed E-state index contributed by atoms with van der Waals surface area (Å²) < 4.78 is 2.45. The van der Waals surface area contributed by atoms with Crippen LogP contribution in [0.25, 0.3) is 5.69 Å². The first-order valence-electron chi connectivity index (χ1n) is 9.81. The molecule has 0 aliphatic carbocycles. The number of rotatable bonds is 7. The van der Waals surface area contributed by atoms with E-state index in [1.165, 1.54) is 14.3 Å².